The number of aryl methyl sites for hydroxylation is 3. The molecule has 250 valence electrons. The first-order valence-electron chi connectivity index (χ1n) is 15.3. The van der Waals surface area contributed by atoms with Crippen LogP contribution in [0.15, 0.2) is 53.4 Å². The van der Waals surface area contributed by atoms with Gasteiger partial charge in [-0.1, -0.05) is 38.1 Å². The Labute approximate surface area is 272 Å². The number of ether oxygens (including phenoxy) is 1. The summed E-state index contributed by atoms with van der Waals surface area (Å²) in [7, 11) is -4.20. The van der Waals surface area contributed by atoms with E-state index in [-0.39, 0.29) is 22.4 Å². The normalized spacial score (nSPS) is 12.9. The minimum Gasteiger partial charge on any atom is -0.478 e. The van der Waals surface area contributed by atoms with Crippen molar-refractivity contribution in [1.82, 2.24) is 20.6 Å². The molecule has 0 saturated carbocycles. The highest BCUT2D eigenvalue weighted by Crippen LogP contribution is 2.28. The summed E-state index contributed by atoms with van der Waals surface area (Å²) in [5.74, 6) is -0.993. The maximum Gasteiger partial charge on any atom is 0.409 e. The second-order valence-electron chi connectivity index (χ2n) is 13.5. The topological polar surface area (TPSA) is 160 Å². The van der Waals surface area contributed by atoms with Crippen LogP contribution >= 0.6 is 0 Å². The molecule has 1 aromatic heterocycles. The molecule has 0 aliphatic heterocycles. The lowest BCUT2D eigenvalue weighted by atomic mass is 9.96. The third-order valence-electron chi connectivity index (χ3n) is 7.02. The molecule has 0 radical (unpaired) electrons. The van der Waals surface area contributed by atoms with Gasteiger partial charge in [0.1, 0.15) is 5.60 Å². The molecule has 12 heteroatoms. The number of alkyl carbamates (subject to hydrolysis) is 1. The largest absolute Gasteiger partial charge is 0.478 e. The number of nitrogens with one attached hydrogen (secondary N) is 3. The number of aromatic carboxylic acids is 1. The molecule has 0 saturated heterocycles. The van der Waals surface area contributed by atoms with Crippen LogP contribution < -0.4 is 15.4 Å². The number of anilines is 1. The highest BCUT2D eigenvalue weighted by atomic mass is 32.2. The average Bonchev–Trinajstić information content (AvgIpc) is 2.89. The molecule has 0 spiro atoms. The Balaban J connectivity index is 1.95. The van der Waals surface area contributed by atoms with Crippen molar-refractivity contribution in [1.29, 1.82) is 0 Å². The average molecular weight is 654 g/mol. The minimum absolute atomic E-state index is 0.0255. The SMILES string of the molecule is Cc1cccc(C)c1-c1cc(CC[C@@H](CC(C)C)NC(C)(C)NC(=O)OC(C)(C)C)nc(NS(=O)(=O)c2cccc(C(=O)O)c2)n1. The van der Waals surface area contributed by atoms with Crippen LogP contribution in [0.1, 0.15) is 88.5 Å². The summed E-state index contributed by atoms with van der Waals surface area (Å²) >= 11 is 0. The van der Waals surface area contributed by atoms with Crippen molar-refractivity contribution >= 4 is 28.0 Å². The van der Waals surface area contributed by atoms with Crippen LogP contribution in [0.25, 0.3) is 11.3 Å². The van der Waals surface area contributed by atoms with Crippen molar-refractivity contribution in [2.45, 2.75) is 104 Å². The van der Waals surface area contributed by atoms with E-state index in [1.807, 2.05) is 72.7 Å². The van der Waals surface area contributed by atoms with Crippen LogP contribution in [0.5, 0.6) is 0 Å². The number of hydrogen-bond donors (Lipinski definition) is 4. The number of carboxylic acids is 1. The lowest BCUT2D eigenvalue weighted by molar-refractivity contribution is 0.0442. The van der Waals surface area contributed by atoms with Gasteiger partial charge in [-0.3, -0.25) is 5.32 Å². The first-order valence-corrected chi connectivity index (χ1v) is 16.8. The van der Waals surface area contributed by atoms with E-state index in [9.17, 15) is 23.1 Å². The van der Waals surface area contributed by atoms with Crippen LogP contribution in [0.3, 0.4) is 0 Å². The van der Waals surface area contributed by atoms with Gasteiger partial charge >= 0.3 is 12.1 Å². The van der Waals surface area contributed by atoms with Crippen molar-refractivity contribution in [2.24, 2.45) is 5.92 Å². The maximum absolute atomic E-state index is 13.3. The molecule has 2 aromatic carbocycles. The van der Waals surface area contributed by atoms with Gasteiger partial charge in [-0.2, -0.15) is 0 Å². The van der Waals surface area contributed by atoms with Crippen molar-refractivity contribution in [3.8, 4) is 11.3 Å². The van der Waals surface area contributed by atoms with E-state index in [4.69, 9.17) is 4.74 Å². The van der Waals surface area contributed by atoms with Gasteiger partial charge in [0.15, 0.2) is 0 Å². The fraction of sp³-hybridized carbons (Fsp3) is 0.471. The Hall–Kier alpha value is -4.03. The second kappa shape index (κ2) is 14.6. The molecular formula is C34H47N5O6S. The van der Waals surface area contributed by atoms with Crippen LogP contribution in [0.4, 0.5) is 10.7 Å². The summed E-state index contributed by atoms with van der Waals surface area (Å²) < 4.78 is 34.6. The number of rotatable bonds is 13. The van der Waals surface area contributed by atoms with E-state index in [2.05, 4.69) is 39.2 Å². The lowest BCUT2D eigenvalue weighted by Crippen LogP contribution is -2.58. The number of aromatic nitrogens is 2. The molecule has 1 amide bonds. The fourth-order valence-electron chi connectivity index (χ4n) is 5.24. The zero-order valence-electron chi connectivity index (χ0n) is 28.2. The number of carbonyl (C=O) groups is 2. The zero-order valence-corrected chi connectivity index (χ0v) is 29.0. The predicted molar refractivity (Wildman–Crippen MR) is 179 cm³/mol. The van der Waals surface area contributed by atoms with Crippen molar-refractivity contribution < 1.29 is 27.9 Å². The first-order chi connectivity index (χ1) is 21.2. The van der Waals surface area contributed by atoms with E-state index >= 15 is 0 Å². The lowest BCUT2D eigenvalue weighted by Gasteiger charge is -2.34. The van der Waals surface area contributed by atoms with Gasteiger partial charge in [0.05, 0.1) is 21.8 Å². The van der Waals surface area contributed by atoms with E-state index in [0.29, 0.717) is 30.1 Å². The zero-order chi connectivity index (χ0) is 34.4. The Morgan fingerprint density at radius 3 is 2.17 bits per heavy atom. The van der Waals surface area contributed by atoms with Gasteiger partial charge in [0.2, 0.25) is 5.95 Å². The Kier molecular flexibility index (Phi) is 11.6. The molecule has 0 aliphatic rings. The van der Waals surface area contributed by atoms with E-state index in [0.717, 1.165) is 29.2 Å². The maximum atomic E-state index is 13.3. The smallest absolute Gasteiger partial charge is 0.409 e. The monoisotopic (exact) mass is 653 g/mol. The minimum atomic E-state index is -4.20. The first kappa shape index (κ1) is 36.4. The molecule has 0 fully saturated rings. The third-order valence-corrected chi connectivity index (χ3v) is 8.34. The molecule has 11 nitrogen and oxygen atoms in total. The van der Waals surface area contributed by atoms with Crippen LogP contribution in [0.2, 0.25) is 0 Å². The van der Waals surface area contributed by atoms with Gasteiger partial charge in [-0.15, -0.1) is 0 Å². The van der Waals surface area contributed by atoms with Crippen molar-refractivity contribution in [2.75, 3.05) is 4.72 Å². The van der Waals surface area contributed by atoms with Gasteiger partial charge in [0, 0.05) is 17.3 Å². The Morgan fingerprint density at radius 2 is 1.59 bits per heavy atom. The number of benzene rings is 2. The fourth-order valence-corrected chi connectivity index (χ4v) is 6.23. The number of carboxylic acid groups (broad SMARTS) is 1. The summed E-state index contributed by atoms with van der Waals surface area (Å²) in [5.41, 5.74) is 2.46. The molecule has 1 atom stereocenters. The van der Waals surface area contributed by atoms with Crippen molar-refractivity contribution in [3.63, 3.8) is 0 Å². The van der Waals surface area contributed by atoms with Crippen LogP contribution in [-0.4, -0.2) is 52.9 Å². The summed E-state index contributed by atoms with van der Waals surface area (Å²) in [4.78, 5) is 33.0. The van der Waals surface area contributed by atoms with Gasteiger partial charge in [0.25, 0.3) is 10.0 Å². The molecular weight excluding hydrogens is 606 g/mol. The summed E-state index contributed by atoms with van der Waals surface area (Å²) in [5, 5.41) is 15.8. The number of carbonyl (C=O) groups excluding carboxylic acids is 1. The van der Waals surface area contributed by atoms with Gasteiger partial charge in [-0.25, -0.2) is 32.7 Å². The molecule has 46 heavy (non-hydrogen) atoms. The molecule has 1 heterocycles. The highest BCUT2D eigenvalue weighted by Gasteiger charge is 2.28. The Bertz CT molecular complexity index is 1640. The second-order valence-corrected chi connectivity index (χ2v) is 15.2. The summed E-state index contributed by atoms with van der Waals surface area (Å²) in [6.07, 6.45) is 1.41. The van der Waals surface area contributed by atoms with Crippen LogP contribution in [0, 0.1) is 19.8 Å². The molecule has 0 aliphatic carbocycles. The standard InChI is InChI=1S/C34H47N5O6S/c1-21(2)18-26(37-34(8,9)38-32(42)45-33(5,6)7)17-16-25-20-28(29-22(3)12-10-13-23(29)4)36-31(35-25)39-46(43,44)27-15-11-14-24(19-27)30(40)41/h10-15,19-21,26,37H,16-18H2,1-9H3,(H,38,42)(H,40,41)(H,35,36,39)/t26-/m0/s1. The number of hydrogen-bond acceptors (Lipinski definition) is 8. The quantitative estimate of drug-likeness (QED) is 0.152. The van der Waals surface area contributed by atoms with Crippen LogP contribution in [-0.2, 0) is 21.2 Å². The van der Waals surface area contributed by atoms with Gasteiger partial charge < -0.3 is 15.2 Å². The molecule has 0 unspecified atom stereocenters. The molecule has 0 bridgehead atoms. The number of amides is 1. The summed E-state index contributed by atoms with van der Waals surface area (Å²) in [6, 6.07) is 12.8. The predicted octanol–water partition coefficient (Wildman–Crippen LogP) is 6.46. The number of nitrogens with zero attached hydrogens (tertiary/aromatic N) is 2. The highest BCUT2D eigenvalue weighted by molar-refractivity contribution is 7.92. The molecule has 3 aromatic rings. The number of sulfonamides is 1. The van der Waals surface area contributed by atoms with E-state index < -0.39 is 33.3 Å². The van der Waals surface area contributed by atoms with Crippen molar-refractivity contribution in [3.05, 3.63) is 70.9 Å². The van der Waals surface area contributed by atoms with E-state index in [1.165, 1.54) is 18.2 Å². The molecule has 3 rings (SSSR count). The summed E-state index contributed by atoms with van der Waals surface area (Å²) in [6.45, 7) is 17.4. The third kappa shape index (κ3) is 10.8. The van der Waals surface area contributed by atoms with Gasteiger partial charge in [-0.05, 0) is 109 Å². The molecule has 4 N–H and O–H groups in total. The van der Waals surface area contributed by atoms with E-state index in [1.54, 1.807) is 0 Å². The Morgan fingerprint density at radius 1 is 0.957 bits per heavy atom.